The Balaban J connectivity index is 1.68. The van der Waals surface area contributed by atoms with Crippen LogP contribution in [-0.4, -0.2) is 176 Å². The van der Waals surface area contributed by atoms with Crippen LogP contribution in [0.4, 0.5) is 0 Å². The van der Waals surface area contributed by atoms with Crippen molar-refractivity contribution >= 4 is 0 Å². The molecule has 0 aromatic heterocycles. The number of hydrogen-bond acceptors (Lipinski definition) is 17. The number of ether oxygens (including phenoxy) is 6. The van der Waals surface area contributed by atoms with E-state index in [0.29, 0.717) is 13.0 Å². The Morgan fingerprint density at radius 3 is 1.42 bits per heavy atom. The van der Waals surface area contributed by atoms with Crippen molar-refractivity contribution < 1.29 is 79.5 Å². The first kappa shape index (κ1) is 31.8. The van der Waals surface area contributed by atoms with Crippen molar-refractivity contribution in [3.63, 3.8) is 0 Å². The van der Waals surface area contributed by atoms with Crippen molar-refractivity contribution in [1.29, 1.82) is 0 Å². The van der Waals surface area contributed by atoms with Gasteiger partial charge in [0.2, 0.25) is 0 Å². The summed E-state index contributed by atoms with van der Waals surface area (Å²) in [6.45, 7) is -1.81. The second-order valence-electron chi connectivity index (χ2n) is 9.33. The van der Waals surface area contributed by atoms with E-state index in [1.54, 1.807) is 0 Å². The molecule has 0 aromatic rings. The molecule has 3 aliphatic heterocycles. The van der Waals surface area contributed by atoms with Crippen LogP contribution >= 0.6 is 0 Å². The van der Waals surface area contributed by atoms with Crippen molar-refractivity contribution in [2.24, 2.45) is 5.73 Å². The Kier molecular flexibility index (Phi) is 12.0. The van der Waals surface area contributed by atoms with Gasteiger partial charge in [0.1, 0.15) is 73.2 Å². The summed E-state index contributed by atoms with van der Waals surface area (Å²) in [4.78, 5) is 0. The van der Waals surface area contributed by atoms with Gasteiger partial charge in [-0.1, -0.05) is 0 Å². The number of hydrogen-bond donors (Lipinski definition) is 11. The van der Waals surface area contributed by atoms with Crippen molar-refractivity contribution in [3.8, 4) is 0 Å². The Bertz CT molecular complexity index is 702. The summed E-state index contributed by atoms with van der Waals surface area (Å²) in [7, 11) is 0. The highest BCUT2D eigenvalue weighted by Gasteiger charge is 2.53. The fraction of sp³-hybridized carbons (Fsp3) is 1.00. The van der Waals surface area contributed by atoms with E-state index in [0.717, 1.165) is 0 Å². The van der Waals surface area contributed by atoms with Gasteiger partial charge in [-0.2, -0.15) is 0 Å². The van der Waals surface area contributed by atoms with Crippen LogP contribution in [-0.2, 0) is 28.4 Å². The summed E-state index contributed by atoms with van der Waals surface area (Å²) < 4.78 is 32.6. The van der Waals surface area contributed by atoms with Gasteiger partial charge in [0, 0.05) is 0 Å². The minimum Gasteiger partial charge on any atom is -0.394 e. The molecule has 0 saturated carbocycles. The van der Waals surface area contributed by atoms with Crippen molar-refractivity contribution in [2.75, 3.05) is 33.0 Å². The molecular weight excluding hydrogens is 522 g/mol. The lowest BCUT2D eigenvalue weighted by molar-refractivity contribution is -0.379. The molecular formula is C21H39NO16. The number of rotatable bonds is 11. The third kappa shape index (κ3) is 6.78. The molecule has 3 fully saturated rings. The number of nitrogens with two attached hydrogens (primary N) is 1. The zero-order valence-electron chi connectivity index (χ0n) is 20.4. The van der Waals surface area contributed by atoms with Gasteiger partial charge < -0.3 is 85.2 Å². The molecule has 0 bridgehead atoms. The highest BCUT2D eigenvalue weighted by molar-refractivity contribution is 4.96. The average Bonchev–Trinajstić information content (AvgIpc) is 2.91. The fourth-order valence-electron chi connectivity index (χ4n) is 4.46. The summed E-state index contributed by atoms with van der Waals surface area (Å²) >= 11 is 0. The Hall–Kier alpha value is -0.680. The Labute approximate surface area is 217 Å². The molecule has 0 radical (unpaired) electrons. The summed E-state index contributed by atoms with van der Waals surface area (Å²) in [5.74, 6) is 0. The lowest BCUT2D eigenvalue weighted by Gasteiger charge is -2.48. The molecule has 3 saturated heterocycles. The van der Waals surface area contributed by atoms with E-state index in [9.17, 15) is 51.1 Å². The summed E-state index contributed by atoms with van der Waals surface area (Å²) in [6.07, 6.45) is -23.6. The van der Waals surface area contributed by atoms with E-state index in [2.05, 4.69) is 0 Å². The molecule has 3 rings (SSSR count). The van der Waals surface area contributed by atoms with Gasteiger partial charge in [0.25, 0.3) is 0 Å². The molecule has 17 heteroatoms. The van der Waals surface area contributed by atoms with Gasteiger partial charge in [-0.3, -0.25) is 0 Å². The predicted octanol–water partition coefficient (Wildman–Crippen LogP) is -7.20. The second kappa shape index (κ2) is 14.3. The van der Waals surface area contributed by atoms with Gasteiger partial charge in [0.15, 0.2) is 18.9 Å². The van der Waals surface area contributed by atoms with Gasteiger partial charge in [-0.25, -0.2) is 0 Å². The summed E-state index contributed by atoms with van der Waals surface area (Å²) in [6, 6.07) is 0. The first-order valence-corrected chi connectivity index (χ1v) is 12.3. The number of aliphatic hydroxyl groups excluding tert-OH is 10. The minimum absolute atomic E-state index is 0.110. The fourth-order valence-corrected chi connectivity index (χ4v) is 4.46. The molecule has 12 N–H and O–H groups in total. The number of aliphatic hydroxyl groups is 10. The lowest BCUT2D eigenvalue weighted by Crippen LogP contribution is -2.66. The van der Waals surface area contributed by atoms with Gasteiger partial charge in [-0.15, -0.1) is 0 Å². The zero-order valence-corrected chi connectivity index (χ0v) is 20.4. The van der Waals surface area contributed by atoms with E-state index in [-0.39, 0.29) is 6.61 Å². The van der Waals surface area contributed by atoms with E-state index >= 15 is 0 Å². The molecule has 0 amide bonds. The molecule has 38 heavy (non-hydrogen) atoms. The Morgan fingerprint density at radius 1 is 0.526 bits per heavy atom. The largest absolute Gasteiger partial charge is 0.394 e. The lowest BCUT2D eigenvalue weighted by atomic mass is 9.96. The van der Waals surface area contributed by atoms with E-state index in [1.165, 1.54) is 0 Å². The van der Waals surface area contributed by atoms with Crippen LogP contribution in [0, 0.1) is 0 Å². The summed E-state index contributed by atoms with van der Waals surface area (Å²) in [5.41, 5.74) is 5.40. The van der Waals surface area contributed by atoms with Crippen LogP contribution in [0.2, 0.25) is 0 Å². The molecule has 15 atom stereocenters. The standard InChI is InChI=1S/C21H39NO16/c22-2-1-3-33-19-15(31)12(28)17(8(5-24)35-19)38-21-16(32)13(29)18(9(6-25)36-21)37-20-14(30)11(27)10(26)7(4-23)34-20/h7-21,23-32H,1-6,22H2/t7?,8?,9?,10-,11?,12?,13?,14-,15-,16-,17+,18-,19+,20+,21-/m0/s1. The van der Waals surface area contributed by atoms with Crippen molar-refractivity contribution in [3.05, 3.63) is 0 Å². The van der Waals surface area contributed by atoms with Crippen LogP contribution in [0.25, 0.3) is 0 Å². The maximum atomic E-state index is 10.7. The third-order valence-electron chi connectivity index (χ3n) is 6.70. The van der Waals surface area contributed by atoms with Crippen LogP contribution < -0.4 is 5.73 Å². The average molecular weight is 562 g/mol. The minimum atomic E-state index is -1.89. The van der Waals surface area contributed by atoms with Crippen molar-refractivity contribution in [2.45, 2.75) is 98.5 Å². The molecule has 3 aliphatic rings. The van der Waals surface area contributed by atoms with Gasteiger partial charge >= 0.3 is 0 Å². The maximum Gasteiger partial charge on any atom is 0.187 e. The van der Waals surface area contributed by atoms with E-state index in [4.69, 9.17) is 34.2 Å². The normalized spacial score (nSPS) is 48.2. The molecule has 224 valence electrons. The second-order valence-corrected chi connectivity index (χ2v) is 9.33. The SMILES string of the molecule is NCCCO[C@@H]1OC(CO)[C@@H](O[C@@H]2OC(CO)[C@H](O[C@H]3OC(CO)[C@H](O)C(O)[C@@H]3O)C(O)[C@@H]2O)C(O)[C@@H]1O. The highest BCUT2D eigenvalue weighted by atomic mass is 16.8. The van der Waals surface area contributed by atoms with Crippen LogP contribution in [0.15, 0.2) is 0 Å². The predicted molar refractivity (Wildman–Crippen MR) is 119 cm³/mol. The summed E-state index contributed by atoms with van der Waals surface area (Å²) in [5, 5.41) is 101. The topological polar surface area (TPSA) is 284 Å². The van der Waals surface area contributed by atoms with E-state index in [1.807, 2.05) is 0 Å². The third-order valence-corrected chi connectivity index (χ3v) is 6.70. The van der Waals surface area contributed by atoms with Gasteiger partial charge in [-0.05, 0) is 13.0 Å². The smallest absolute Gasteiger partial charge is 0.187 e. The molecule has 0 spiro atoms. The van der Waals surface area contributed by atoms with Crippen LogP contribution in [0.5, 0.6) is 0 Å². The zero-order chi connectivity index (χ0) is 28.1. The molecule has 0 aliphatic carbocycles. The van der Waals surface area contributed by atoms with Crippen molar-refractivity contribution in [1.82, 2.24) is 0 Å². The monoisotopic (exact) mass is 561 g/mol. The van der Waals surface area contributed by atoms with Crippen LogP contribution in [0.3, 0.4) is 0 Å². The Morgan fingerprint density at radius 2 is 0.947 bits per heavy atom. The maximum absolute atomic E-state index is 10.7. The molecule has 6 unspecified atom stereocenters. The first-order chi connectivity index (χ1) is 18.1. The van der Waals surface area contributed by atoms with Crippen LogP contribution in [0.1, 0.15) is 6.42 Å². The molecule has 0 aromatic carbocycles. The van der Waals surface area contributed by atoms with Gasteiger partial charge in [0.05, 0.1) is 26.4 Å². The molecule has 3 heterocycles. The highest BCUT2D eigenvalue weighted by Crippen LogP contribution is 2.32. The van der Waals surface area contributed by atoms with E-state index < -0.39 is 112 Å². The first-order valence-electron chi connectivity index (χ1n) is 12.3. The quantitative estimate of drug-likeness (QED) is 0.104. The molecule has 17 nitrogen and oxygen atoms in total.